The Morgan fingerprint density at radius 1 is 1.32 bits per heavy atom. The Kier molecular flexibility index (Phi) is 2.97. The van der Waals surface area contributed by atoms with E-state index in [1.54, 1.807) is 12.1 Å². The molecule has 0 spiro atoms. The van der Waals surface area contributed by atoms with Gasteiger partial charge in [0.25, 0.3) is 0 Å². The highest BCUT2D eigenvalue weighted by Crippen LogP contribution is 2.33. The van der Waals surface area contributed by atoms with Crippen molar-refractivity contribution in [3.8, 4) is 0 Å². The molecule has 0 bridgehead atoms. The van der Waals surface area contributed by atoms with Gasteiger partial charge in [-0.1, -0.05) is 18.2 Å². The van der Waals surface area contributed by atoms with Crippen LogP contribution in [0.3, 0.4) is 0 Å². The van der Waals surface area contributed by atoms with Gasteiger partial charge in [0.1, 0.15) is 5.52 Å². The van der Waals surface area contributed by atoms with Crippen molar-refractivity contribution in [3.63, 3.8) is 0 Å². The van der Waals surface area contributed by atoms with Gasteiger partial charge in [-0.25, -0.2) is 9.48 Å². The lowest BCUT2D eigenvalue weighted by molar-refractivity contribution is 0.0699. The Labute approximate surface area is 111 Å². The molecule has 1 aromatic carbocycles. The summed E-state index contributed by atoms with van der Waals surface area (Å²) >= 11 is 0. The smallest absolute Gasteiger partial charge is 0.338 e. The predicted molar refractivity (Wildman–Crippen MR) is 71.2 cm³/mol. The van der Waals surface area contributed by atoms with E-state index in [1.165, 1.54) is 12.8 Å². The standard InChI is InChI=1S/C14H17N3O2/c1-9-5-7-10(8-6-9)17-12-4-2-3-11(14(18)19)13(12)15-16-17/h2-4,9-10H,5-8H2,1H3,(H,18,19). The number of fused-ring (bicyclic) bond motifs is 1. The molecule has 0 unspecified atom stereocenters. The summed E-state index contributed by atoms with van der Waals surface area (Å²) in [6, 6.07) is 5.59. The van der Waals surface area contributed by atoms with E-state index in [0.29, 0.717) is 11.6 Å². The van der Waals surface area contributed by atoms with Crippen LogP contribution >= 0.6 is 0 Å². The Hall–Kier alpha value is -1.91. The topological polar surface area (TPSA) is 68.0 Å². The highest BCUT2D eigenvalue weighted by atomic mass is 16.4. The molecule has 1 aliphatic carbocycles. The van der Waals surface area contributed by atoms with Crippen LogP contribution in [0.25, 0.3) is 11.0 Å². The highest BCUT2D eigenvalue weighted by Gasteiger charge is 2.23. The van der Waals surface area contributed by atoms with Gasteiger partial charge in [-0.15, -0.1) is 5.10 Å². The Morgan fingerprint density at radius 3 is 2.74 bits per heavy atom. The van der Waals surface area contributed by atoms with E-state index in [0.717, 1.165) is 24.3 Å². The molecular formula is C14H17N3O2. The van der Waals surface area contributed by atoms with Crippen molar-refractivity contribution in [2.24, 2.45) is 5.92 Å². The molecule has 0 aliphatic heterocycles. The number of nitrogens with zero attached hydrogens (tertiary/aromatic N) is 3. The summed E-state index contributed by atoms with van der Waals surface area (Å²) in [5, 5.41) is 17.4. The first-order chi connectivity index (χ1) is 9.16. The number of hydrogen-bond donors (Lipinski definition) is 1. The van der Waals surface area contributed by atoms with Gasteiger partial charge in [0.2, 0.25) is 0 Å². The molecule has 0 radical (unpaired) electrons. The lowest BCUT2D eigenvalue weighted by Crippen LogP contribution is -2.17. The average Bonchev–Trinajstić information content (AvgIpc) is 2.83. The molecule has 0 atom stereocenters. The van der Waals surface area contributed by atoms with E-state index in [-0.39, 0.29) is 5.56 Å². The first kappa shape index (κ1) is 12.1. The number of aromatic nitrogens is 3. The van der Waals surface area contributed by atoms with Crippen molar-refractivity contribution in [1.82, 2.24) is 15.0 Å². The molecule has 1 aromatic heterocycles. The first-order valence-electron chi connectivity index (χ1n) is 6.74. The van der Waals surface area contributed by atoms with Crippen molar-refractivity contribution in [2.45, 2.75) is 38.6 Å². The molecular weight excluding hydrogens is 242 g/mol. The second-order valence-corrected chi connectivity index (χ2v) is 5.43. The molecule has 5 nitrogen and oxygen atoms in total. The minimum Gasteiger partial charge on any atom is -0.478 e. The van der Waals surface area contributed by atoms with Crippen molar-refractivity contribution in [3.05, 3.63) is 23.8 Å². The summed E-state index contributed by atoms with van der Waals surface area (Å²) in [7, 11) is 0. The number of rotatable bonds is 2. The van der Waals surface area contributed by atoms with Crippen LogP contribution in [0.15, 0.2) is 18.2 Å². The van der Waals surface area contributed by atoms with Gasteiger partial charge in [-0.2, -0.15) is 0 Å². The van der Waals surface area contributed by atoms with Crippen molar-refractivity contribution < 1.29 is 9.90 Å². The summed E-state index contributed by atoms with van der Waals surface area (Å²) in [6.45, 7) is 2.28. The number of carboxylic acids is 1. The molecule has 1 saturated carbocycles. The molecule has 1 fully saturated rings. The molecule has 1 heterocycles. The maximum Gasteiger partial charge on any atom is 0.338 e. The monoisotopic (exact) mass is 259 g/mol. The summed E-state index contributed by atoms with van der Waals surface area (Å²) in [6.07, 6.45) is 4.59. The zero-order valence-corrected chi connectivity index (χ0v) is 10.9. The molecule has 0 amide bonds. The Morgan fingerprint density at radius 2 is 2.05 bits per heavy atom. The van der Waals surface area contributed by atoms with Crippen LogP contribution in [-0.4, -0.2) is 26.1 Å². The van der Waals surface area contributed by atoms with Gasteiger partial charge in [0.15, 0.2) is 0 Å². The number of benzene rings is 1. The maximum absolute atomic E-state index is 11.2. The van der Waals surface area contributed by atoms with Crippen molar-refractivity contribution >= 4 is 17.0 Å². The van der Waals surface area contributed by atoms with Gasteiger partial charge in [-0.05, 0) is 43.7 Å². The van der Waals surface area contributed by atoms with Crippen LogP contribution in [0.2, 0.25) is 0 Å². The molecule has 2 aromatic rings. The molecule has 1 aliphatic rings. The third-order valence-electron chi connectivity index (χ3n) is 4.06. The molecule has 5 heteroatoms. The van der Waals surface area contributed by atoms with Crippen LogP contribution in [0, 0.1) is 5.92 Å². The summed E-state index contributed by atoms with van der Waals surface area (Å²) in [5.74, 6) is -0.171. The second-order valence-electron chi connectivity index (χ2n) is 5.43. The maximum atomic E-state index is 11.2. The minimum atomic E-state index is -0.949. The fourth-order valence-corrected chi connectivity index (χ4v) is 2.89. The van der Waals surface area contributed by atoms with Gasteiger partial charge in [0.05, 0.1) is 17.1 Å². The van der Waals surface area contributed by atoms with Gasteiger partial charge >= 0.3 is 5.97 Å². The van der Waals surface area contributed by atoms with E-state index >= 15 is 0 Å². The summed E-state index contributed by atoms with van der Waals surface area (Å²) in [5.41, 5.74) is 1.56. The summed E-state index contributed by atoms with van der Waals surface area (Å²) in [4.78, 5) is 11.2. The van der Waals surface area contributed by atoms with Crippen molar-refractivity contribution in [1.29, 1.82) is 0 Å². The minimum absolute atomic E-state index is 0.230. The van der Waals surface area contributed by atoms with E-state index in [2.05, 4.69) is 17.2 Å². The molecule has 3 rings (SSSR count). The zero-order chi connectivity index (χ0) is 13.4. The van der Waals surface area contributed by atoms with E-state index in [9.17, 15) is 4.79 Å². The number of aromatic carboxylic acids is 1. The Bertz CT molecular complexity index is 612. The van der Waals surface area contributed by atoms with Crippen molar-refractivity contribution in [2.75, 3.05) is 0 Å². The van der Waals surface area contributed by atoms with E-state index < -0.39 is 5.97 Å². The van der Waals surface area contributed by atoms with Gasteiger partial charge < -0.3 is 5.11 Å². The van der Waals surface area contributed by atoms with Crippen LogP contribution in [0.1, 0.15) is 49.0 Å². The van der Waals surface area contributed by atoms with Crippen LogP contribution < -0.4 is 0 Å². The highest BCUT2D eigenvalue weighted by molar-refractivity contribution is 6.00. The number of hydrogen-bond acceptors (Lipinski definition) is 3. The average molecular weight is 259 g/mol. The largest absolute Gasteiger partial charge is 0.478 e. The molecule has 100 valence electrons. The SMILES string of the molecule is CC1CCC(n2nnc3c(C(=O)O)cccc32)CC1. The van der Waals surface area contributed by atoms with Gasteiger partial charge in [0, 0.05) is 0 Å². The normalized spacial score (nSPS) is 23.6. The fourth-order valence-electron chi connectivity index (χ4n) is 2.89. The zero-order valence-electron chi connectivity index (χ0n) is 10.9. The molecule has 19 heavy (non-hydrogen) atoms. The predicted octanol–water partition coefficient (Wildman–Crippen LogP) is 2.88. The first-order valence-corrected chi connectivity index (χ1v) is 6.74. The second kappa shape index (κ2) is 4.64. The van der Waals surface area contributed by atoms with Crippen LogP contribution in [-0.2, 0) is 0 Å². The lowest BCUT2D eigenvalue weighted by Gasteiger charge is -2.26. The third-order valence-corrected chi connectivity index (χ3v) is 4.06. The van der Waals surface area contributed by atoms with Crippen LogP contribution in [0.5, 0.6) is 0 Å². The Balaban J connectivity index is 2.01. The number of carbonyl (C=O) groups is 1. The number of carboxylic acid groups (broad SMARTS) is 1. The summed E-state index contributed by atoms with van der Waals surface area (Å²) < 4.78 is 1.91. The third kappa shape index (κ3) is 2.09. The fraction of sp³-hybridized carbons (Fsp3) is 0.500. The van der Waals surface area contributed by atoms with E-state index in [1.807, 2.05) is 10.7 Å². The van der Waals surface area contributed by atoms with E-state index in [4.69, 9.17) is 5.11 Å². The van der Waals surface area contributed by atoms with Crippen LogP contribution in [0.4, 0.5) is 0 Å². The molecule has 0 saturated heterocycles. The quantitative estimate of drug-likeness (QED) is 0.900. The lowest BCUT2D eigenvalue weighted by atomic mass is 9.87. The molecule has 1 N–H and O–H groups in total. The van der Waals surface area contributed by atoms with Gasteiger partial charge in [-0.3, -0.25) is 0 Å².